The Bertz CT molecular complexity index is 682. The second-order valence-electron chi connectivity index (χ2n) is 11.1. The highest BCUT2D eigenvalue weighted by Gasteiger charge is 2.51. The first kappa shape index (κ1) is 34.0. The highest BCUT2D eigenvalue weighted by molar-refractivity contribution is 7.47. The number of aliphatic hydroxyl groups excluding tert-OH is 6. The van der Waals surface area contributed by atoms with E-state index in [0.29, 0.717) is 6.61 Å². The second-order valence-corrected chi connectivity index (χ2v) is 12.5. The molecule has 0 spiro atoms. The Morgan fingerprint density at radius 2 is 1.24 bits per heavy atom. The van der Waals surface area contributed by atoms with Crippen LogP contribution in [0.1, 0.15) is 84.5 Å². The summed E-state index contributed by atoms with van der Waals surface area (Å²) < 4.78 is 26.9. The fourth-order valence-electron chi connectivity index (χ4n) is 5.47. The lowest BCUT2D eigenvalue weighted by molar-refractivity contribution is -0.220. The zero-order valence-electron chi connectivity index (χ0n) is 22.9. The van der Waals surface area contributed by atoms with E-state index in [1.807, 2.05) is 0 Å². The number of ether oxygens (including phenoxy) is 1. The molecule has 11 atom stereocenters. The quantitative estimate of drug-likeness (QED) is 0.0837. The van der Waals surface area contributed by atoms with Gasteiger partial charge in [0.15, 0.2) is 0 Å². The minimum Gasteiger partial charge on any atom is -0.388 e. The summed E-state index contributed by atoms with van der Waals surface area (Å²) in [5.41, 5.74) is 0. The molecule has 0 amide bonds. The molecule has 0 aliphatic heterocycles. The number of phosphoric acid groups is 1. The van der Waals surface area contributed by atoms with Crippen LogP contribution >= 0.6 is 7.82 Å². The number of unbranched alkanes of at least 4 members (excludes halogenated alkanes) is 7. The zero-order chi connectivity index (χ0) is 28.3. The molecule has 0 heterocycles. The molecule has 2 fully saturated rings. The van der Waals surface area contributed by atoms with Crippen molar-refractivity contribution in [1.82, 2.24) is 0 Å². The molecule has 2 aliphatic rings. The van der Waals surface area contributed by atoms with Crippen molar-refractivity contribution in [2.75, 3.05) is 19.8 Å². The van der Waals surface area contributed by atoms with Gasteiger partial charge in [-0.2, -0.15) is 0 Å². The highest BCUT2D eigenvalue weighted by Crippen LogP contribution is 2.52. The minimum atomic E-state index is -4.88. The molecule has 0 aromatic rings. The molecule has 6 unspecified atom stereocenters. The normalized spacial score (nSPS) is 35.7. The van der Waals surface area contributed by atoms with E-state index in [9.17, 15) is 40.1 Å². The summed E-state index contributed by atoms with van der Waals surface area (Å²) in [7, 11) is -4.88. The number of hydrogen-bond donors (Lipinski definition) is 7. The van der Waals surface area contributed by atoms with Gasteiger partial charge >= 0.3 is 7.82 Å². The largest absolute Gasteiger partial charge is 0.472 e. The van der Waals surface area contributed by atoms with Crippen LogP contribution in [0.5, 0.6) is 0 Å². The van der Waals surface area contributed by atoms with E-state index in [1.54, 1.807) is 0 Å². The molecule has 0 bridgehead atoms. The zero-order valence-corrected chi connectivity index (χ0v) is 23.8. The molecule has 2 saturated carbocycles. The molecule has 11 nitrogen and oxygen atoms in total. The monoisotopic (exact) mass is 570 g/mol. The third-order valence-electron chi connectivity index (χ3n) is 8.04. The van der Waals surface area contributed by atoms with E-state index in [0.717, 1.165) is 37.0 Å². The van der Waals surface area contributed by atoms with E-state index >= 15 is 0 Å². The molecular weight excluding hydrogens is 519 g/mol. The van der Waals surface area contributed by atoms with Crippen molar-refractivity contribution in [2.45, 2.75) is 127 Å². The first-order chi connectivity index (χ1) is 18.0. The van der Waals surface area contributed by atoms with Gasteiger partial charge in [-0.15, -0.1) is 0 Å². The van der Waals surface area contributed by atoms with Crippen molar-refractivity contribution in [1.29, 1.82) is 0 Å². The van der Waals surface area contributed by atoms with Crippen LogP contribution in [0.15, 0.2) is 0 Å². The van der Waals surface area contributed by atoms with Crippen molar-refractivity contribution in [3.63, 3.8) is 0 Å². The Labute approximate surface area is 226 Å². The Hall–Kier alpha value is -0.170. The summed E-state index contributed by atoms with van der Waals surface area (Å²) in [5.74, 6) is 2.77. The van der Waals surface area contributed by atoms with E-state index in [2.05, 4.69) is 13.8 Å². The molecule has 0 saturated heterocycles. The lowest BCUT2D eigenvalue weighted by Crippen LogP contribution is -2.64. The van der Waals surface area contributed by atoms with Crippen molar-refractivity contribution in [3.8, 4) is 0 Å². The molecule has 2 rings (SSSR count). The van der Waals surface area contributed by atoms with Gasteiger partial charge in [-0.05, 0) is 37.0 Å². The van der Waals surface area contributed by atoms with Gasteiger partial charge in [0.05, 0.1) is 13.2 Å². The summed E-state index contributed by atoms with van der Waals surface area (Å²) in [5, 5.41) is 58.7. The summed E-state index contributed by atoms with van der Waals surface area (Å²) in [6, 6.07) is 0. The van der Waals surface area contributed by atoms with Crippen molar-refractivity contribution in [2.24, 2.45) is 17.8 Å². The standard InChI is InChI=1S/C26H51O11P/c1-3-4-5-9-12-19-17(2)20(19)13-10-7-6-8-11-14-35-15-18(27)16-36-38(33,34)37-26-24(31)22(29)21(28)23(30)25(26)32/h17-32H,3-16H2,1-2H3,(H,33,34)/t17?,18-,19?,20?,21?,22-,23+,24+,25+,26?/m1/s1. The van der Waals surface area contributed by atoms with E-state index < -0.39 is 57.2 Å². The maximum Gasteiger partial charge on any atom is 0.472 e. The number of rotatable bonds is 20. The summed E-state index contributed by atoms with van der Waals surface area (Å²) in [6.07, 6.45) is 0.962. The van der Waals surface area contributed by atoms with E-state index in [-0.39, 0.29) is 6.61 Å². The van der Waals surface area contributed by atoms with Gasteiger partial charge in [-0.3, -0.25) is 9.05 Å². The molecule has 2 aliphatic carbocycles. The van der Waals surface area contributed by atoms with Gasteiger partial charge < -0.3 is 40.3 Å². The molecule has 0 aromatic carbocycles. The number of aliphatic hydroxyl groups is 6. The van der Waals surface area contributed by atoms with Gasteiger partial charge in [0.25, 0.3) is 0 Å². The van der Waals surface area contributed by atoms with Crippen molar-refractivity contribution in [3.05, 3.63) is 0 Å². The average molecular weight is 571 g/mol. The van der Waals surface area contributed by atoms with Gasteiger partial charge in [0.1, 0.15) is 42.7 Å². The lowest BCUT2D eigenvalue weighted by Gasteiger charge is -2.41. The van der Waals surface area contributed by atoms with E-state index in [1.165, 1.54) is 51.4 Å². The summed E-state index contributed by atoms with van der Waals surface area (Å²) >= 11 is 0. The predicted molar refractivity (Wildman–Crippen MR) is 140 cm³/mol. The fourth-order valence-corrected chi connectivity index (χ4v) is 6.44. The smallest absolute Gasteiger partial charge is 0.388 e. The molecule has 226 valence electrons. The minimum absolute atomic E-state index is 0.114. The second kappa shape index (κ2) is 16.9. The Morgan fingerprint density at radius 3 is 1.82 bits per heavy atom. The molecule has 38 heavy (non-hydrogen) atoms. The van der Waals surface area contributed by atoms with Crippen LogP contribution in [0.2, 0.25) is 0 Å². The summed E-state index contributed by atoms with van der Waals surface area (Å²) in [6.45, 7) is 4.37. The van der Waals surface area contributed by atoms with Crippen LogP contribution in [-0.2, 0) is 18.3 Å². The van der Waals surface area contributed by atoms with Crippen LogP contribution in [0, 0.1) is 17.8 Å². The predicted octanol–water partition coefficient (Wildman–Crippen LogP) is 1.88. The summed E-state index contributed by atoms with van der Waals surface area (Å²) in [4.78, 5) is 9.84. The van der Waals surface area contributed by atoms with Gasteiger partial charge in [-0.25, -0.2) is 4.57 Å². The molecule has 0 aromatic heterocycles. The van der Waals surface area contributed by atoms with Gasteiger partial charge in [0, 0.05) is 6.61 Å². The van der Waals surface area contributed by atoms with Crippen LogP contribution in [0.25, 0.3) is 0 Å². The van der Waals surface area contributed by atoms with Crippen molar-refractivity contribution < 1.29 is 53.9 Å². The first-order valence-electron chi connectivity index (χ1n) is 14.3. The van der Waals surface area contributed by atoms with Gasteiger partial charge in [-0.1, -0.05) is 65.2 Å². The maximum absolute atomic E-state index is 12.1. The Balaban J connectivity index is 1.48. The lowest BCUT2D eigenvalue weighted by atomic mass is 9.85. The molecular formula is C26H51O11P. The van der Waals surface area contributed by atoms with Crippen LogP contribution in [-0.4, -0.2) is 98.1 Å². The molecule has 12 heteroatoms. The third kappa shape index (κ3) is 11.0. The van der Waals surface area contributed by atoms with Crippen LogP contribution in [0.4, 0.5) is 0 Å². The van der Waals surface area contributed by atoms with Crippen LogP contribution < -0.4 is 0 Å². The third-order valence-corrected chi connectivity index (χ3v) is 9.03. The average Bonchev–Trinajstić information content (AvgIpc) is 3.51. The van der Waals surface area contributed by atoms with Gasteiger partial charge in [0.2, 0.25) is 0 Å². The first-order valence-corrected chi connectivity index (χ1v) is 15.8. The highest BCUT2D eigenvalue weighted by atomic mass is 31.2. The van der Waals surface area contributed by atoms with Crippen LogP contribution in [0.3, 0.4) is 0 Å². The molecule has 7 N–H and O–H groups in total. The Morgan fingerprint density at radius 1 is 0.737 bits per heavy atom. The fraction of sp³-hybridized carbons (Fsp3) is 1.00. The SMILES string of the molecule is CCCCCCC1C(C)C1CCCCCCCOC[C@@H](O)COP(=O)(O)OC1[C@@H](O)[C@H](O)C(O)[C@H](O)[C@@H]1O. The number of hydrogen-bond acceptors (Lipinski definition) is 10. The maximum atomic E-state index is 12.1. The molecule has 0 radical (unpaired) electrons. The van der Waals surface area contributed by atoms with Crippen molar-refractivity contribution >= 4 is 7.82 Å². The topological polar surface area (TPSA) is 186 Å². The Kier molecular flexibility index (Phi) is 15.2. The number of phosphoric ester groups is 1. The van der Waals surface area contributed by atoms with E-state index in [4.69, 9.17) is 13.8 Å².